The second-order valence-corrected chi connectivity index (χ2v) is 6.36. The highest BCUT2D eigenvalue weighted by atomic mass is 16.2. The van der Waals surface area contributed by atoms with Crippen molar-refractivity contribution in [3.05, 3.63) is 54.5 Å². The number of nitriles is 1. The van der Waals surface area contributed by atoms with Crippen LogP contribution in [0.4, 0.5) is 0 Å². The molecule has 1 atom stereocenters. The van der Waals surface area contributed by atoms with Crippen LogP contribution in [-0.4, -0.2) is 37.7 Å². The van der Waals surface area contributed by atoms with Gasteiger partial charge in [0, 0.05) is 29.8 Å². The molecule has 4 rings (SSSR count). The number of carbonyl (C=O) groups excluding carboxylic acids is 1. The molecule has 1 fully saturated rings. The van der Waals surface area contributed by atoms with Crippen LogP contribution in [0.2, 0.25) is 0 Å². The maximum atomic E-state index is 13.2. The van der Waals surface area contributed by atoms with Crippen molar-refractivity contribution >= 4 is 16.8 Å². The van der Waals surface area contributed by atoms with E-state index < -0.39 is 0 Å². The van der Waals surface area contributed by atoms with E-state index in [9.17, 15) is 10.1 Å². The summed E-state index contributed by atoms with van der Waals surface area (Å²) in [4.78, 5) is 15.2. The van der Waals surface area contributed by atoms with Gasteiger partial charge in [0.25, 0.3) is 5.91 Å². The number of hydrogen-bond acceptors (Lipinski definition) is 3. The number of hydrogen-bond donors (Lipinski definition) is 0. The van der Waals surface area contributed by atoms with Crippen molar-refractivity contribution in [3.8, 4) is 6.07 Å². The van der Waals surface area contributed by atoms with Crippen molar-refractivity contribution in [1.29, 1.82) is 5.26 Å². The Balaban J connectivity index is 1.67. The molecule has 1 aromatic carbocycles. The number of para-hydroxylation sites is 1. The molecule has 3 aromatic rings. The minimum atomic E-state index is 0.00102. The van der Waals surface area contributed by atoms with Crippen molar-refractivity contribution in [2.45, 2.75) is 32.0 Å². The van der Waals surface area contributed by atoms with Crippen LogP contribution >= 0.6 is 0 Å². The summed E-state index contributed by atoms with van der Waals surface area (Å²) in [5.74, 6) is 0.00102. The maximum absolute atomic E-state index is 13.2. The average molecular weight is 333 g/mol. The Kier molecular flexibility index (Phi) is 3.98. The van der Waals surface area contributed by atoms with E-state index in [0.717, 1.165) is 30.3 Å². The fourth-order valence-corrected chi connectivity index (χ4v) is 3.69. The minimum absolute atomic E-state index is 0.00102. The Morgan fingerprint density at radius 3 is 3.00 bits per heavy atom. The summed E-state index contributed by atoms with van der Waals surface area (Å²) in [7, 11) is 0. The van der Waals surface area contributed by atoms with Gasteiger partial charge in [-0.3, -0.25) is 9.48 Å². The molecule has 6 heteroatoms. The molecule has 0 N–H and O–H groups in total. The minimum Gasteiger partial charge on any atom is -0.333 e. The molecule has 0 radical (unpaired) electrons. The van der Waals surface area contributed by atoms with Gasteiger partial charge in [-0.15, -0.1) is 0 Å². The number of aromatic nitrogens is 3. The van der Waals surface area contributed by atoms with Crippen LogP contribution in [0.5, 0.6) is 0 Å². The third-order valence-corrected chi connectivity index (χ3v) is 4.85. The lowest BCUT2D eigenvalue weighted by atomic mass is 10.2. The molecule has 1 saturated heterocycles. The highest BCUT2D eigenvalue weighted by Gasteiger charge is 2.31. The van der Waals surface area contributed by atoms with Gasteiger partial charge in [-0.25, -0.2) is 0 Å². The van der Waals surface area contributed by atoms with Crippen molar-refractivity contribution in [2.24, 2.45) is 0 Å². The highest BCUT2D eigenvalue weighted by Crippen LogP contribution is 2.25. The molecule has 25 heavy (non-hydrogen) atoms. The van der Waals surface area contributed by atoms with Crippen LogP contribution in [0.15, 0.2) is 48.8 Å². The van der Waals surface area contributed by atoms with E-state index in [0.29, 0.717) is 12.2 Å². The van der Waals surface area contributed by atoms with Crippen LogP contribution in [0, 0.1) is 11.3 Å². The van der Waals surface area contributed by atoms with Crippen LogP contribution in [0.1, 0.15) is 23.3 Å². The first kappa shape index (κ1) is 15.5. The van der Waals surface area contributed by atoms with Crippen LogP contribution in [0.3, 0.4) is 0 Å². The molecule has 6 nitrogen and oxygen atoms in total. The van der Waals surface area contributed by atoms with Crippen LogP contribution in [0.25, 0.3) is 10.9 Å². The van der Waals surface area contributed by atoms with Crippen molar-refractivity contribution in [2.75, 3.05) is 6.54 Å². The maximum Gasteiger partial charge on any atom is 0.270 e. The van der Waals surface area contributed by atoms with E-state index in [1.54, 1.807) is 6.20 Å². The summed E-state index contributed by atoms with van der Waals surface area (Å²) in [6.45, 7) is 1.63. The van der Waals surface area contributed by atoms with Gasteiger partial charge in [0.15, 0.2) is 0 Å². The lowest BCUT2D eigenvalue weighted by Crippen LogP contribution is -2.39. The molecule has 1 aliphatic heterocycles. The zero-order valence-corrected chi connectivity index (χ0v) is 13.9. The number of nitrogens with zero attached hydrogens (tertiary/aromatic N) is 5. The standard InChI is InChI=1S/C19H19N5O/c20-8-12-24-17-7-2-1-5-15(17)13-18(24)19(25)23-11-3-6-16(23)14-22-10-4-9-21-22/h1-2,4-5,7,9-10,13,16H,3,6,11-12,14H2/t16-/m1/s1. The third-order valence-electron chi connectivity index (χ3n) is 4.85. The molecular formula is C19H19N5O. The Morgan fingerprint density at radius 1 is 1.32 bits per heavy atom. The average Bonchev–Trinajstić information content (AvgIpc) is 3.36. The second-order valence-electron chi connectivity index (χ2n) is 6.36. The van der Waals surface area contributed by atoms with Gasteiger partial charge < -0.3 is 9.47 Å². The van der Waals surface area contributed by atoms with Gasteiger partial charge in [0.05, 0.1) is 18.7 Å². The summed E-state index contributed by atoms with van der Waals surface area (Å²) in [6, 6.07) is 13.9. The van der Waals surface area contributed by atoms with Gasteiger partial charge in [0.2, 0.25) is 0 Å². The second kappa shape index (κ2) is 6.44. The zero-order chi connectivity index (χ0) is 17.2. The molecular weight excluding hydrogens is 314 g/mol. The summed E-state index contributed by atoms with van der Waals surface area (Å²) >= 11 is 0. The molecule has 126 valence electrons. The zero-order valence-electron chi connectivity index (χ0n) is 13.9. The predicted molar refractivity (Wildman–Crippen MR) is 93.8 cm³/mol. The third kappa shape index (κ3) is 2.78. The number of carbonyl (C=O) groups is 1. The van der Waals surface area contributed by atoms with E-state index in [1.165, 1.54) is 0 Å². The van der Waals surface area contributed by atoms with E-state index in [1.807, 2.05) is 56.7 Å². The Hall–Kier alpha value is -3.07. The molecule has 0 unspecified atom stereocenters. The summed E-state index contributed by atoms with van der Waals surface area (Å²) in [5, 5.41) is 14.4. The van der Waals surface area contributed by atoms with Crippen molar-refractivity contribution in [3.63, 3.8) is 0 Å². The van der Waals surface area contributed by atoms with Crippen molar-refractivity contribution < 1.29 is 4.79 Å². The predicted octanol–water partition coefficient (Wildman–Crippen LogP) is 2.67. The van der Waals surface area contributed by atoms with Gasteiger partial charge in [-0.1, -0.05) is 18.2 Å². The molecule has 0 bridgehead atoms. The first-order chi connectivity index (χ1) is 12.3. The SMILES string of the molecule is N#CCn1c(C(=O)N2CCC[C@@H]2Cn2cccn2)cc2ccccc21. The van der Waals surface area contributed by atoms with E-state index in [-0.39, 0.29) is 18.5 Å². The van der Waals surface area contributed by atoms with Crippen molar-refractivity contribution in [1.82, 2.24) is 19.2 Å². The fraction of sp³-hybridized carbons (Fsp3) is 0.316. The van der Waals surface area contributed by atoms with Gasteiger partial charge in [-0.2, -0.15) is 10.4 Å². The van der Waals surface area contributed by atoms with E-state index >= 15 is 0 Å². The Morgan fingerprint density at radius 2 is 2.20 bits per heavy atom. The van der Waals surface area contributed by atoms with Gasteiger partial charge in [0.1, 0.15) is 12.2 Å². The molecule has 1 amide bonds. The first-order valence-corrected chi connectivity index (χ1v) is 8.51. The Labute approximate surface area is 145 Å². The quantitative estimate of drug-likeness (QED) is 0.737. The number of likely N-dealkylation sites (tertiary alicyclic amines) is 1. The number of amides is 1. The molecule has 2 aromatic heterocycles. The number of benzene rings is 1. The summed E-state index contributed by atoms with van der Waals surface area (Å²) in [6.07, 6.45) is 5.65. The fourth-order valence-electron chi connectivity index (χ4n) is 3.69. The monoisotopic (exact) mass is 333 g/mol. The van der Waals surface area contributed by atoms with Crippen LogP contribution < -0.4 is 0 Å². The smallest absolute Gasteiger partial charge is 0.270 e. The van der Waals surface area contributed by atoms with E-state index in [4.69, 9.17) is 0 Å². The summed E-state index contributed by atoms with van der Waals surface area (Å²) < 4.78 is 3.70. The lowest BCUT2D eigenvalue weighted by molar-refractivity contribution is 0.0712. The molecule has 1 aliphatic rings. The number of rotatable bonds is 4. The number of fused-ring (bicyclic) bond motifs is 1. The summed E-state index contributed by atoms with van der Waals surface area (Å²) in [5.41, 5.74) is 1.52. The van der Waals surface area contributed by atoms with Gasteiger partial charge >= 0.3 is 0 Å². The molecule has 0 saturated carbocycles. The van der Waals surface area contributed by atoms with Gasteiger partial charge in [-0.05, 0) is 31.0 Å². The molecule has 3 heterocycles. The van der Waals surface area contributed by atoms with Crippen LogP contribution in [-0.2, 0) is 13.1 Å². The van der Waals surface area contributed by atoms with E-state index in [2.05, 4.69) is 11.2 Å². The lowest BCUT2D eigenvalue weighted by Gasteiger charge is -2.25. The topological polar surface area (TPSA) is 66.8 Å². The normalized spacial score (nSPS) is 17.1. The Bertz CT molecular complexity index is 935. The largest absolute Gasteiger partial charge is 0.333 e. The molecule has 0 spiro atoms. The first-order valence-electron chi connectivity index (χ1n) is 8.51. The molecule has 0 aliphatic carbocycles. The highest BCUT2D eigenvalue weighted by molar-refractivity contribution is 5.99.